The lowest BCUT2D eigenvalue weighted by molar-refractivity contribution is -0.152. The lowest BCUT2D eigenvalue weighted by Crippen LogP contribution is -2.60. The average molecular weight is 589 g/mol. The minimum absolute atomic E-state index is 0.140. The molecule has 0 aromatic heterocycles. The Hall–Kier alpha value is -2.49. The maximum Gasteiger partial charge on any atom is 0.248 e. The smallest absolute Gasteiger partial charge is 0.248 e. The van der Waals surface area contributed by atoms with E-state index in [1.807, 2.05) is 51.1 Å². The van der Waals surface area contributed by atoms with Crippen molar-refractivity contribution in [3.8, 4) is 0 Å². The third-order valence-electron chi connectivity index (χ3n) is 8.20. The maximum absolute atomic E-state index is 14.3. The number of ether oxygens (including phenoxy) is 1. The molecule has 0 saturated carbocycles. The Bertz CT molecular complexity index is 1080. The summed E-state index contributed by atoms with van der Waals surface area (Å²) < 4.78 is 6.64. The summed E-state index contributed by atoms with van der Waals surface area (Å²) >= 11 is 3.73. The summed E-state index contributed by atoms with van der Waals surface area (Å²) in [4.78, 5) is 47.4. The van der Waals surface area contributed by atoms with E-state index in [4.69, 9.17) is 4.74 Å². The number of alkyl halides is 1. The Labute approximate surface area is 233 Å². The van der Waals surface area contributed by atoms with Gasteiger partial charge >= 0.3 is 0 Å². The van der Waals surface area contributed by atoms with Crippen molar-refractivity contribution < 1.29 is 24.2 Å². The van der Waals surface area contributed by atoms with Crippen LogP contribution in [0.4, 0.5) is 5.69 Å². The Kier molecular flexibility index (Phi) is 8.49. The van der Waals surface area contributed by atoms with Gasteiger partial charge in [-0.3, -0.25) is 14.4 Å². The maximum atomic E-state index is 14.3. The molecule has 38 heavy (non-hydrogen) atoms. The van der Waals surface area contributed by atoms with E-state index in [2.05, 4.69) is 29.1 Å². The molecule has 9 heteroatoms. The van der Waals surface area contributed by atoms with E-state index in [9.17, 15) is 19.5 Å². The molecule has 1 aromatic rings. The standard InChI is InChI=1S/C29H38BrN3O5/c1-6-14-31(18(4)5)28(37)25-29-16-21(30)24(38-29)22(23(29)27(36)33(25)19(8-3)17-34)26(35)32(15-7-2)20-12-10-9-11-13-20/h6-7,9-13,18-19,21-25,34H,1-2,8,14-17H2,3-5H3/t19-,21?,22-,23-,24-,25?,29?/m0/s1. The first-order valence-electron chi connectivity index (χ1n) is 13.3. The van der Waals surface area contributed by atoms with Crippen LogP contribution in [0.15, 0.2) is 55.6 Å². The summed E-state index contributed by atoms with van der Waals surface area (Å²) in [6, 6.07) is 7.62. The summed E-state index contributed by atoms with van der Waals surface area (Å²) in [5, 5.41) is 10.2. The van der Waals surface area contributed by atoms with Crippen molar-refractivity contribution in [3.63, 3.8) is 0 Å². The number of hydrogen-bond acceptors (Lipinski definition) is 5. The second kappa shape index (κ2) is 11.3. The van der Waals surface area contributed by atoms with Crippen LogP contribution in [-0.2, 0) is 19.1 Å². The van der Waals surface area contributed by atoms with Crippen molar-refractivity contribution in [2.45, 2.75) is 68.3 Å². The SMILES string of the molecule is C=CCN(C(=O)[C@H]1[C@H]2C(=O)N([C@@H](CC)CO)C(C(=O)N(CC=C)C(C)C)C23CC(Br)[C@@H]1O3)c1ccccc1. The molecule has 1 aromatic carbocycles. The molecule has 1 spiro atoms. The number of nitrogens with zero attached hydrogens (tertiary/aromatic N) is 3. The molecule has 0 aliphatic carbocycles. The summed E-state index contributed by atoms with van der Waals surface area (Å²) in [5.74, 6) is -2.41. The van der Waals surface area contributed by atoms with Gasteiger partial charge in [0.2, 0.25) is 17.7 Å². The number of carbonyl (C=O) groups is 3. The summed E-state index contributed by atoms with van der Waals surface area (Å²) in [6.45, 7) is 13.6. The fourth-order valence-corrected chi connectivity index (χ4v) is 7.47. The molecule has 2 bridgehead atoms. The lowest BCUT2D eigenvalue weighted by Gasteiger charge is -2.40. The molecule has 206 valence electrons. The Morgan fingerprint density at radius 1 is 1.21 bits per heavy atom. The number of likely N-dealkylation sites (tertiary alicyclic amines) is 1. The summed E-state index contributed by atoms with van der Waals surface area (Å²) in [7, 11) is 0. The highest BCUT2D eigenvalue weighted by Crippen LogP contribution is 2.61. The monoisotopic (exact) mass is 587 g/mol. The predicted molar refractivity (Wildman–Crippen MR) is 150 cm³/mol. The van der Waals surface area contributed by atoms with Gasteiger partial charge in [-0.05, 0) is 38.8 Å². The van der Waals surface area contributed by atoms with Crippen LogP contribution in [-0.4, -0.2) is 87.0 Å². The molecule has 3 fully saturated rings. The van der Waals surface area contributed by atoms with E-state index in [1.165, 1.54) is 4.90 Å². The van der Waals surface area contributed by atoms with Crippen molar-refractivity contribution in [3.05, 3.63) is 55.6 Å². The first kappa shape index (κ1) is 28.5. The molecule has 3 unspecified atom stereocenters. The molecule has 7 atom stereocenters. The summed E-state index contributed by atoms with van der Waals surface area (Å²) in [5.41, 5.74) is -0.477. The first-order valence-corrected chi connectivity index (χ1v) is 14.2. The van der Waals surface area contributed by atoms with Crippen LogP contribution < -0.4 is 4.90 Å². The number of para-hydroxylation sites is 1. The normalized spacial score (nSPS) is 30.3. The van der Waals surface area contributed by atoms with Crippen LogP contribution in [0.5, 0.6) is 0 Å². The second-order valence-electron chi connectivity index (χ2n) is 10.6. The molecule has 3 amide bonds. The van der Waals surface area contributed by atoms with Crippen LogP contribution in [0.3, 0.4) is 0 Å². The molecule has 3 saturated heterocycles. The molecular formula is C29H38BrN3O5. The number of hydrogen-bond donors (Lipinski definition) is 1. The van der Waals surface area contributed by atoms with Crippen LogP contribution in [0, 0.1) is 11.8 Å². The van der Waals surface area contributed by atoms with E-state index in [1.54, 1.807) is 22.0 Å². The highest BCUT2D eigenvalue weighted by Gasteiger charge is 2.77. The number of benzene rings is 1. The van der Waals surface area contributed by atoms with E-state index in [0.29, 0.717) is 25.1 Å². The Balaban J connectivity index is 1.83. The predicted octanol–water partition coefficient (Wildman–Crippen LogP) is 3.15. The molecule has 4 rings (SSSR count). The molecule has 3 aliphatic rings. The van der Waals surface area contributed by atoms with Gasteiger partial charge in [-0.1, -0.05) is 53.2 Å². The number of halogens is 1. The Morgan fingerprint density at radius 3 is 2.42 bits per heavy atom. The van der Waals surface area contributed by atoms with Gasteiger partial charge in [-0.2, -0.15) is 0 Å². The van der Waals surface area contributed by atoms with E-state index >= 15 is 0 Å². The van der Waals surface area contributed by atoms with E-state index in [0.717, 1.165) is 0 Å². The molecule has 3 aliphatic heterocycles. The number of aliphatic hydroxyl groups excluding tert-OH is 1. The molecular weight excluding hydrogens is 550 g/mol. The minimum atomic E-state index is -1.18. The number of rotatable bonds is 11. The fraction of sp³-hybridized carbons (Fsp3) is 0.552. The van der Waals surface area contributed by atoms with Crippen LogP contribution in [0.25, 0.3) is 0 Å². The lowest BCUT2D eigenvalue weighted by atomic mass is 9.70. The number of amides is 3. The third-order valence-corrected chi connectivity index (χ3v) is 9.04. The van der Waals surface area contributed by atoms with Crippen molar-refractivity contribution in [1.82, 2.24) is 9.80 Å². The van der Waals surface area contributed by atoms with Gasteiger partial charge in [0.25, 0.3) is 0 Å². The van der Waals surface area contributed by atoms with Gasteiger partial charge in [-0.15, -0.1) is 13.2 Å². The molecule has 3 heterocycles. The number of carbonyl (C=O) groups excluding carboxylic acids is 3. The highest BCUT2D eigenvalue weighted by atomic mass is 79.9. The largest absolute Gasteiger partial charge is 0.394 e. The Morgan fingerprint density at radius 2 is 1.87 bits per heavy atom. The van der Waals surface area contributed by atoms with Crippen molar-refractivity contribution >= 4 is 39.3 Å². The van der Waals surface area contributed by atoms with Crippen LogP contribution >= 0.6 is 15.9 Å². The first-order chi connectivity index (χ1) is 18.2. The number of fused-ring (bicyclic) bond motifs is 1. The summed E-state index contributed by atoms with van der Waals surface area (Å²) in [6.07, 6.45) is 3.64. The van der Waals surface area contributed by atoms with Crippen molar-refractivity contribution in [1.29, 1.82) is 0 Å². The zero-order chi connectivity index (χ0) is 27.8. The van der Waals surface area contributed by atoms with Gasteiger partial charge < -0.3 is 24.5 Å². The van der Waals surface area contributed by atoms with Crippen LogP contribution in [0.2, 0.25) is 0 Å². The zero-order valence-electron chi connectivity index (χ0n) is 22.3. The van der Waals surface area contributed by atoms with Crippen molar-refractivity contribution in [2.75, 3.05) is 24.6 Å². The molecule has 1 N–H and O–H groups in total. The van der Waals surface area contributed by atoms with Gasteiger partial charge in [0, 0.05) is 29.6 Å². The average Bonchev–Trinajstić information content (AvgIpc) is 3.50. The molecule has 8 nitrogen and oxygen atoms in total. The third kappa shape index (κ3) is 4.42. The van der Waals surface area contributed by atoms with Gasteiger partial charge in [0.1, 0.15) is 11.6 Å². The van der Waals surface area contributed by atoms with E-state index < -0.39 is 35.6 Å². The number of anilines is 1. The number of aliphatic hydroxyl groups is 1. The van der Waals surface area contributed by atoms with Gasteiger partial charge in [-0.25, -0.2) is 0 Å². The quantitative estimate of drug-likeness (QED) is 0.317. The van der Waals surface area contributed by atoms with Crippen molar-refractivity contribution in [2.24, 2.45) is 11.8 Å². The second-order valence-corrected chi connectivity index (χ2v) is 11.8. The van der Waals surface area contributed by atoms with Gasteiger partial charge in [0.15, 0.2) is 0 Å². The van der Waals surface area contributed by atoms with Gasteiger partial charge in [0.05, 0.1) is 30.6 Å². The fourth-order valence-electron chi connectivity index (χ4n) is 6.53. The molecule has 0 radical (unpaired) electrons. The van der Waals surface area contributed by atoms with E-state index in [-0.39, 0.29) is 41.7 Å². The minimum Gasteiger partial charge on any atom is -0.394 e. The topological polar surface area (TPSA) is 90.4 Å². The zero-order valence-corrected chi connectivity index (χ0v) is 23.9. The highest BCUT2D eigenvalue weighted by molar-refractivity contribution is 9.09. The van der Waals surface area contributed by atoms with Crippen LogP contribution in [0.1, 0.15) is 33.6 Å².